The van der Waals surface area contributed by atoms with E-state index in [0.717, 1.165) is 13.0 Å². The van der Waals surface area contributed by atoms with E-state index >= 15 is 0 Å². The number of nitrogens with one attached hydrogen (secondary N) is 1. The van der Waals surface area contributed by atoms with Gasteiger partial charge in [-0.2, -0.15) is 0 Å². The minimum absolute atomic E-state index is 0.0275. The van der Waals surface area contributed by atoms with Crippen LogP contribution in [0.2, 0.25) is 0 Å². The predicted molar refractivity (Wildman–Crippen MR) is 49.8 cm³/mol. The summed E-state index contributed by atoms with van der Waals surface area (Å²) in [4.78, 5) is 13.5. The maximum atomic E-state index is 11.8. The number of nitrogens with zero attached hydrogens (tertiary/aromatic N) is 1. The van der Waals surface area contributed by atoms with E-state index < -0.39 is 6.10 Å². The molecule has 1 amide bonds. The van der Waals surface area contributed by atoms with Gasteiger partial charge in [-0.25, -0.2) is 0 Å². The summed E-state index contributed by atoms with van der Waals surface area (Å²) in [5.41, 5.74) is 0. The first kappa shape index (κ1) is 9.89. The molecule has 2 unspecified atom stereocenters. The van der Waals surface area contributed by atoms with Crippen molar-refractivity contribution < 1.29 is 14.6 Å². The van der Waals surface area contributed by atoms with Crippen molar-refractivity contribution in [3.05, 3.63) is 0 Å². The number of β-amino-alcohol motifs (C(OH)–C–C–N with tert-alkyl or cyclic N) is 1. The Kier molecular flexibility index (Phi) is 3.00. The zero-order valence-electron chi connectivity index (χ0n) is 8.11. The van der Waals surface area contributed by atoms with Gasteiger partial charge >= 0.3 is 0 Å². The van der Waals surface area contributed by atoms with Gasteiger partial charge in [-0.05, 0) is 13.0 Å². The molecule has 2 aliphatic heterocycles. The minimum atomic E-state index is -0.540. The summed E-state index contributed by atoms with van der Waals surface area (Å²) in [6.07, 6.45) is 0.369. The number of ether oxygens (including phenoxy) is 1. The van der Waals surface area contributed by atoms with Crippen LogP contribution in [-0.4, -0.2) is 60.9 Å². The average molecular weight is 200 g/mol. The third-order valence-corrected chi connectivity index (χ3v) is 2.68. The van der Waals surface area contributed by atoms with Crippen LogP contribution in [0.25, 0.3) is 0 Å². The van der Waals surface area contributed by atoms with E-state index in [1.54, 1.807) is 4.90 Å². The lowest BCUT2D eigenvalue weighted by Gasteiger charge is -2.32. The van der Waals surface area contributed by atoms with Gasteiger partial charge in [0.15, 0.2) is 0 Å². The zero-order valence-corrected chi connectivity index (χ0v) is 8.11. The highest BCUT2D eigenvalue weighted by molar-refractivity contribution is 5.82. The van der Waals surface area contributed by atoms with Gasteiger partial charge in [-0.3, -0.25) is 4.79 Å². The van der Waals surface area contributed by atoms with Gasteiger partial charge in [0.05, 0.1) is 25.4 Å². The Morgan fingerprint density at radius 3 is 3.00 bits per heavy atom. The summed E-state index contributed by atoms with van der Waals surface area (Å²) in [7, 11) is 0. The van der Waals surface area contributed by atoms with Gasteiger partial charge in [-0.1, -0.05) is 0 Å². The van der Waals surface area contributed by atoms with Crippen LogP contribution in [0.4, 0.5) is 0 Å². The number of carbonyl (C=O) groups is 1. The maximum absolute atomic E-state index is 11.8. The number of aliphatic hydroxyl groups is 1. The Morgan fingerprint density at radius 1 is 1.57 bits per heavy atom. The Morgan fingerprint density at radius 2 is 2.36 bits per heavy atom. The molecule has 0 aromatic carbocycles. The summed E-state index contributed by atoms with van der Waals surface area (Å²) in [5, 5.41) is 12.5. The lowest BCUT2D eigenvalue weighted by Crippen LogP contribution is -2.55. The van der Waals surface area contributed by atoms with Gasteiger partial charge in [0, 0.05) is 13.1 Å². The van der Waals surface area contributed by atoms with E-state index in [0.29, 0.717) is 26.3 Å². The topological polar surface area (TPSA) is 61.8 Å². The SMILES string of the molecule is O=C(C1CCN1)N1CCOCC(O)C1. The van der Waals surface area contributed by atoms with Gasteiger partial charge in [0.1, 0.15) is 0 Å². The fourth-order valence-corrected chi connectivity index (χ4v) is 1.71. The molecule has 14 heavy (non-hydrogen) atoms. The third-order valence-electron chi connectivity index (χ3n) is 2.68. The number of amides is 1. The number of aliphatic hydroxyl groups excluding tert-OH is 1. The van der Waals surface area contributed by atoms with Gasteiger partial charge < -0.3 is 20.1 Å². The molecule has 0 radical (unpaired) electrons. The highest BCUT2D eigenvalue weighted by Gasteiger charge is 2.30. The Balaban J connectivity index is 1.90. The van der Waals surface area contributed by atoms with E-state index in [-0.39, 0.29) is 11.9 Å². The molecule has 2 atom stereocenters. The summed E-state index contributed by atoms with van der Waals surface area (Å²) in [6.45, 7) is 2.77. The minimum Gasteiger partial charge on any atom is -0.389 e. The quantitative estimate of drug-likeness (QED) is 0.544. The van der Waals surface area contributed by atoms with Crippen LogP contribution in [-0.2, 0) is 9.53 Å². The second-order valence-corrected chi connectivity index (χ2v) is 3.81. The fourth-order valence-electron chi connectivity index (χ4n) is 1.71. The number of carbonyl (C=O) groups excluding carboxylic acids is 1. The lowest BCUT2D eigenvalue weighted by molar-refractivity contribution is -0.136. The van der Waals surface area contributed by atoms with Crippen LogP contribution in [0.1, 0.15) is 6.42 Å². The van der Waals surface area contributed by atoms with Gasteiger partial charge in [-0.15, -0.1) is 0 Å². The largest absolute Gasteiger partial charge is 0.389 e. The monoisotopic (exact) mass is 200 g/mol. The molecule has 2 saturated heterocycles. The molecule has 5 nitrogen and oxygen atoms in total. The van der Waals surface area contributed by atoms with Gasteiger partial charge in [0.25, 0.3) is 0 Å². The molecule has 2 rings (SSSR count). The van der Waals surface area contributed by atoms with Crippen LogP contribution in [0, 0.1) is 0 Å². The first-order valence-corrected chi connectivity index (χ1v) is 5.05. The highest BCUT2D eigenvalue weighted by Crippen LogP contribution is 2.09. The van der Waals surface area contributed by atoms with Gasteiger partial charge in [0.2, 0.25) is 5.91 Å². The van der Waals surface area contributed by atoms with Crippen molar-refractivity contribution in [2.24, 2.45) is 0 Å². The van der Waals surface area contributed by atoms with E-state index in [9.17, 15) is 9.90 Å². The zero-order chi connectivity index (χ0) is 9.97. The first-order valence-electron chi connectivity index (χ1n) is 5.05. The van der Waals surface area contributed by atoms with Crippen LogP contribution in [0.5, 0.6) is 0 Å². The molecule has 2 N–H and O–H groups in total. The molecule has 0 spiro atoms. The van der Waals surface area contributed by atoms with Crippen molar-refractivity contribution in [1.82, 2.24) is 10.2 Å². The van der Waals surface area contributed by atoms with E-state index in [4.69, 9.17) is 4.74 Å². The molecule has 0 bridgehead atoms. The van der Waals surface area contributed by atoms with Crippen LogP contribution in [0.3, 0.4) is 0 Å². The normalized spacial score (nSPS) is 33.4. The number of hydrogen-bond donors (Lipinski definition) is 2. The summed E-state index contributed by atoms with van der Waals surface area (Å²) < 4.78 is 5.15. The molecule has 2 fully saturated rings. The van der Waals surface area contributed by atoms with Crippen molar-refractivity contribution in [2.75, 3.05) is 32.8 Å². The molecular weight excluding hydrogens is 184 g/mol. The van der Waals surface area contributed by atoms with Crippen molar-refractivity contribution in [1.29, 1.82) is 0 Å². The standard InChI is InChI=1S/C9H16N2O3/c12-7-5-11(3-4-14-6-7)9(13)8-1-2-10-8/h7-8,10,12H,1-6H2. The molecular formula is C9H16N2O3. The van der Waals surface area contributed by atoms with Crippen LogP contribution in [0.15, 0.2) is 0 Å². The molecule has 0 saturated carbocycles. The molecule has 80 valence electrons. The Bertz CT molecular complexity index is 218. The van der Waals surface area contributed by atoms with E-state index in [2.05, 4.69) is 5.32 Å². The second kappa shape index (κ2) is 4.25. The first-order chi connectivity index (χ1) is 6.77. The molecule has 0 aromatic rings. The van der Waals surface area contributed by atoms with Crippen LogP contribution < -0.4 is 5.32 Å². The average Bonchev–Trinajstić information content (AvgIpc) is 2.26. The van der Waals surface area contributed by atoms with Crippen molar-refractivity contribution >= 4 is 5.91 Å². The van der Waals surface area contributed by atoms with Crippen molar-refractivity contribution in [3.63, 3.8) is 0 Å². The van der Waals surface area contributed by atoms with Crippen LogP contribution >= 0.6 is 0 Å². The van der Waals surface area contributed by atoms with Crippen molar-refractivity contribution in [3.8, 4) is 0 Å². The summed E-state index contributed by atoms with van der Waals surface area (Å²) in [6, 6.07) is -0.0275. The Labute approximate surface area is 83.0 Å². The smallest absolute Gasteiger partial charge is 0.239 e. The number of rotatable bonds is 1. The van der Waals surface area contributed by atoms with E-state index in [1.165, 1.54) is 0 Å². The molecule has 0 aromatic heterocycles. The van der Waals surface area contributed by atoms with Crippen molar-refractivity contribution in [2.45, 2.75) is 18.6 Å². The number of hydrogen-bond acceptors (Lipinski definition) is 4. The fraction of sp³-hybridized carbons (Fsp3) is 0.889. The highest BCUT2D eigenvalue weighted by atomic mass is 16.5. The maximum Gasteiger partial charge on any atom is 0.239 e. The summed E-state index contributed by atoms with van der Waals surface area (Å²) >= 11 is 0. The molecule has 2 heterocycles. The van der Waals surface area contributed by atoms with E-state index in [1.807, 2.05) is 0 Å². The molecule has 2 aliphatic rings. The molecule has 0 aliphatic carbocycles. The summed E-state index contributed by atoms with van der Waals surface area (Å²) in [5.74, 6) is 0.0980. The predicted octanol–water partition coefficient (Wildman–Crippen LogP) is -1.43. The molecule has 5 heteroatoms. The Hall–Kier alpha value is -0.650. The third kappa shape index (κ3) is 2.05. The lowest BCUT2D eigenvalue weighted by atomic mass is 10.1. The second-order valence-electron chi connectivity index (χ2n) is 3.81.